The van der Waals surface area contributed by atoms with Gasteiger partial charge < -0.3 is 4.98 Å². The summed E-state index contributed by atoms with van der Waals surface area (Å²) in [4.78, 5) is 3.78. The minimum absolute atomic E-state index is 0.0982. The predicted octanol–water partition coefficient (Wildman–Crippen LogP) is 8.98. The van der Waals surface area contributed by atoms with Crippen LogP contribution in [0.4, 0.5) is 0 Å². The Labute approximate surface area is 215 Å². The lowest BCUT2D eigenvalue weighted by atomic mass is 9.55. The lowest BCUT2D eigenvalue weighted by Crippen LogP contribution is -2.40. The van der Waals surface area contributed by atoms with E-state index in [0.717, 1.165) is 10.5 Å². The van der Waals surface area contributed by atoms with E-state index in [9.17, 15) is 0 Å². The molecule has 0 aliphatic heterocycles. The van der Waals surface area contributed by atoms with Crippen LogP contribution in [0.1, 0.15) is 47.2 Å². The van der Waals surface area contributed by atoms with Gasteiger partial charge in [0.15, 0.2) is 0 Å². The Morgan fingerprint density at radius 2 is 1.19 bits per heavy atom. The van der Waals surface area contributed by atoms with E-state index in [1.54, 1.807) is 0 Å². The summed E-state index contributed by atoms with van der Waals surface area (Å²) in [6.45, 7) is 4.72. The predicted molar refractivity (Wildman–Crippen MR) is 150 cm³/mol. The zero-order valence-electron chi connectivity index (χ0n) is 20.2. The third-order valence-electron chi connectivity index (χ3n) is 8.75. The summed E-state index contributed by atoms with van der Waals surface area (Å²) in [6.07, 6.45) is 0. The van der Waals surface area contributed by atoms with Crippen molar-refractivity contribution in [3.8, 4) is 11.1 Å². The summed E-state index contributed by atoms with van der Waals surface area (Å²) in [5.74, 6) is 0. The van der Waals surface area contributed by atoms with Crippen molar-refractivity contribution in [1.82, 2.24) is 4.98 Å². The molecule has 1 N–H and O–H groups in total. The van der Waals surface area contributed by atoms with Gasteiger partial charge in [-0.2, -0.15) is 0 Å². The van der Waals surface area contributed by atoms with E-state index in [0.29, 0.717) is 0 Å². The number of hydrogen-bond acceptors (Lipinski definition) is 0. The van der Waals surface area contributed by atoms with Crippen LogP contribution in [0.5, 0.6) is 0 Å². The maximum atomic E-state index is 6.68. The molecule has 0 unspecified atom stereocenters. The number of aromatic amines is 1. The highest BCUT2D eigenvalue weighted by atomic mass is 35.5. The minimum atomic E-state index is -0.399. The second kappa shape index (κ2) is 6.69. The normalized spacial score (nSPS) is 16.1. The second-order valence-corrected chi connectivity index (χ2v) is 11.2. The number of hydrogen-bond donors (Lipinski definition) is 1. The number of fused-ring (bicyclic) bond motifs is 13. The van der Waals surface area contributed by atoms with Crippen LogP contribution in [-0.4, -0.2) is 4.98 Å². The van der Waals surface area contributed by atoms with Crippen LogP contribution in [0.15, 0.2) is 103 Å². The highest BCUT2D eigenvalue weighted by Gasteiger charge is 2.53. The first kappa shape index (κ1) is 20.4. The minimum Gasteiger partial charge on any atom is -0.354 e. The maximum absolute atomic E-state index is 6.68. The van der Waals surface area contributed by atoms with Gasteiger partial charge in [-0.15, -0.1) is 0 Å². The molecule has 0 radical (unpaired) electrons. The number of benzene rings is 5. The Balaban J connectivity index is 1.63. The Kier molecular flexibility index (Phi) is 3.79. The van der Waals surface area contributed by atoms with Gasteiger partial charge in [-0.3, -0.25) is 0 Å². The summed E-state index contributed by atoms with van der Waals surface area (Å²) in [7, 11) is 0. The number of H-pyrrole nitrogens is 1. The first-order chi connectivity index (χ1) is 17.5. The molecule has 2 aliphatic carbocycles. The van der Waals surface area contributed by atoms with Crippen molar-refractivity contribution in [1.29, 1.82) is 0 Å². The average Bonchev–Trinajstić information content (AvgIpc) is 3.41. The van der Waals surface area contributed by atoms with E-state index in [2.05, 4.69) is 122 Å². The summed E-state index contributed by atoms with van der Waals surface area (Å²) in [6, 6.07) is 37.8. The quantitative estimate of drug-likeness (QED) is 0.222. The number of halogens is 1. The van der Waals surface area contributed by atoms with Gasteiger partial charge in [0, 0.05) is 32.3 Å². The Bertz CT molecular complexity index is 1840. The summed E-state index contributed by atoms with van der Waals surface area (Å²) < 4.78 is 0. The first-order valence-corrected chi connectivity index (χ1v) is 12.9. The van der Waals surface area contributed by atoms with Crippen LogP contribution >= 0.6 is 11.6 Å². The number of para-hydroxylation sites is 1. The lowest BCUT2D eigenvalue weighted by Gasteiger charge is -2.46. The van der Waals surface area contributed by atoms with Gasteiger partial charge in [-0.1, -0.05) is 110 Å². The van der Waals surface area contributed by atoms with Crippen molar-refractivity contribution < 1.29 is 0 Å². The molecular formula is C34H24ClN. The van der Waals surface area contributed by atoms with Crippen molar-refractivity contribution in [3.63, 3.8) is 0 Å². The molecule has 2 aliphatic rings. The summed E-state index contributed by atoms with van der Waals surface area (Å²) >= 11 is 6.68. The van der Waals surface area contributed by atoms with Crippen LogP contribution in [0.25, 0.3) is 32.9 Å². The van der Waals surface area contributed by atoms with Crippen LogP contribution < -0.4 is 0 Å². The van der Waals surface area contributed by atoms with Crippen molar-refractivity contribution in [2.24, 2.45) is 0 Å². The fourth-order valence-corrected chi connectivity index (χ4v) is 7.46. The molecule has 0 bridgehead atoms. The monoisotopic (exact) mass is 481 g/mol. The molecule has 0 saturated heterocycles. The van der Waals surface area contributed by atoms with Crippen molar-refractivity contribution in [3.05, 3.63) is 142 Å². The van der Waals surface area contributed by atoms with Gasteiger partial charge in [-0.05, 0) is 57.1 Å². The molecule has 8 rings (SSSR count). The largest absolute Gasteiger partial charge is 0.354 e. The summed E-state index contributed by atoms with van der Waals surface area (Å²) in [5.41, 5.74) is 12.5. The van der Waals surface area contributed by atoms with Gasteiger partial charge in [0.1, 0.15) is 0 Å². The topological polar surface area (TPSA) is 15.8 Å². The molecular weight excluding hydrogens is 458 g/mol. The lowest BCUT2D eigenvalue weighted by molar-refractivity contribution is 0.563. The van der Waals surface area contributed by atoms with Gasteiger partial charge in [0.05, 0.1) is 10.9 Å². The van der Waals surface area contributed by atoms with Gasteiger partial charge in [0.2, 0.25) is 0 Å². The molecule has 1 aromatic heterocycles. The molecule has 0 amide bonds. The summed E-state index contributed by atoms with van der Waals surface area (Å²) in [5, 5.41) is 3.28. The van der Waals surface area contributed by atoms with E-state index in [-0.39, 0.29) is 5.41 Å². The molecule has 5 aromatic carbocycles. The highest BCUT2D eigenvalue weighted by Crippen LogP contribution is 2.63. The zero-order valence-corrected chi connectivity index (χ0v) is 20.9. The fraction of sp³-hybridized carbons (Fsp3) is 0.118. The molecule has 1 nitrogen and oxygen atoms in total. The number of aromatic nitrogens is 1. The van der Waals surface area contributed by atoms with Crippen molar-refractivity contribution in [2.45, 2.75) is 24.7 Å². The second-order valence-electron chi connectivity index (χ2n) is 10.7. The zero-order chi connectivity index (χ0) is 24.2. The standard InChI is InChI=1S/C34H24ClN/c1-33(2)25-10-4-6-12-27(25)34(28-13-7-5-11-26(28)33)24-17-15-20(35)19-23(24)31-29(34)18-16-22-21-9-3-8-14-30(21)36-32(22)31/h3-19,36H,1-2H3. The van der Waals surface area contributed by atoms with E-state index in [1.165, 1.54) is 60.8 Å². The van der Waals surface area contributed by atoms with E-state index in [1.807, 2.05) is 0 Å². The van der Waals surface area contributed by atoms with Gasteiger partial charge >= 0.3 is 0 Å². The number of nitrogens with one attached hydrogen (secondary N) is 1. The first-order valence-electron chi connectivity index (χ1n) is 12.6. The van der Waals surface area contributed by atoms with E-state index < -0.39 is 5.41 Å². The van der Waals surface area contributed by atoms with Crippen molar-refractivity contribution >= 4 is 33.4 Å². The molecule has 6 aromatic rings. The van der Waals surface area contributed by atoms with Crippen LogP contribution in [0, 0.1) is 0 Å². The molecule has 2 heteroatoms. The molecule has 1 heterocycles. The van der Waals surface area contributed by atoms with E-state index in [4.69, 9.17) is 11.6 Å². The SMILES string of the molecule is CC1(C)c2ccccc2C2(c3ccc(Cl)cc3-c3c2ccc2c3[nH]c3ccccc32)c2ccccc21. The van der Waals surface area contributed by atoms with Gasteiger partial charge in [-0.25, -0.2) is 0 Å². The van der Waals surface area contributed by atoms with Crippen LogP contribution in [0.3, 0.4) is 0 Å². The molecule has 36 heavy (non-hydrogen) atoms. The highest BCUT2D eigenvalue weighted by molar-refractivity contribution is 6.31. The fourth-order valence-electron chi connectivity index (χ4n) is 7.29. The number of rotatable bonds is 0. The Morgan fingerprint density at radius 1 is 0.583 bits per heavy atom. The van der Waals surface area contributed by atoms with Crippen LogP contribution in [0.2, 0.25) is 5.02 Å². The molecule has 0 atom stereocenters. The molecule has 0 saturated carbocycles. The molecule has 0 fully saturated rings. The molecule has 172 valence electrons. The third kappa shape index (κ3) is 2.24. The molecule has 1 spiro atoms. The third-order valence-corrected chi connectivity index (χ3v) is 8.99. The van der Waals surface area contributed by atoms with Crippen LogP contribution in [-0.2, 0) is 10.8 Å². The van der Waals surface area contributed by atoms with Crippen molar-refractivity contribution in [2.75, 3.05) is 0 Å². The maximum Gasteiger partial charge on any atom is 0.0720 e. The van der Waals surface area contributed by atoms with E-state index >= 15 is 0 Å². The Morgan fingerprint density at radius 3 is 1.92 bits per heavy atom. The smallest absolute Gasteiger partial charge is 0.0720 e. The average molecular weight is 482 g/mol. The Hall–Kier alpha value is -3.81. The van der Waals surface area contributed by atoms with Gasteiger partial charge in [0.25, 0.3) is 0 Å².